The second-order valence-corrected chi connectivity index (χ2v) is 21.1. The van der Waals surface area contributed by atoms with E-state index in [0.717, 1.165) is 24.8 Å². The summed E-state index contributed by atoms with van der Waals surface area (Å²) in [5, 5.41) is 18.5. The number of hydrogen-bond donors (Lipinski definition) is 11. The molecule has 5 rings (SSSR count). The lowest BCUT2D eigenvalue weighted by Crippen LogP contribution is -2.59. The number of amides is 10. The van der Waals surface area contributed by atoms with Crippen LogP contribution in [0, 0.1) is 0 Å². The topological polar surface area (TPSA) is 375 Å². The number of nitrogens with one attached hydrogen (secondary N) is 7. The lowest BCUT2D eigenvalue weighted by atomic mass is 9.85. The molecule has 73 heavy (non-hydrogen) atoms. The van der Waals surface area contributed by atoms with Crippen LogP contribution in [0.1, 0.15) is 81.8 Å². The van der Waals surface area contributed by atoms with Crippen molar-refractivity contribution >= 4 is 86.6 Å². The Kier molecular flexibility index (Phi) is 22.2. The number of nitrogens with zero attached hydrogens (tertiary/aromatic N) is 2. The number of likely N-dealkylation sites (tertiary alicyclic amines) is 1. The predicted octanol–water partition coefficient (Wildman–Crippen LogP) is -1.98. The Hall–Kier alpha value is -6.89. The fourth-order valence-corrected chi connectivity index (χ4v) is 12.2. The van der Waals surface area contributed by atoms with Crippen molar-refractivity contribution in [3.8, 4) is 0 Å². The molecule has 1 saturated carbocycles. The van der Waals surface area contributed by atoms with Crippen molar-refractivity contribution in [2.45, 2.75) is 124 Å². The summed E-state index contributed by atoms with van der Waals surface area (Å²) in [6.45, 7) is -0.993. The summed E-state index contributed by atoms with van der Waals surface area (Å²) in [5.74, 6) is -7.82. The molecular formula is C48H67N13O10S2. The lowest BCUT2D eigenvalue weighted by molar-refractivity contribution is -0.142. The van der Waals surface area contributed by atoms with Crippen LogP contribution in [0.5, 0.6) is 0 Å². The van der Waals surface area contributed by atoms with Gasteiger partial charge in [0.1, 0.15) is 36.3 Å². The van der Waals surface area contributed by atoms with Crippen LogP contribution < -0.4 is 60.2 Å². The van der Waals surface area contributed by atoms with Gasteiger partial charge in [-0.1, -0.05) is 102 Å². The first-order valence-corrected chi connectivity index (χ1v) is 26.6. The van der Waals surface area contributed by atoms with Crippen molar-refractivity contribution in [2.75, 3.05) is 31.9 Å². The molecule has 2 heterocycles. The van der Waals surface area contributed by atoms with E-state index in [4.69, 9.17) is 22.9 Å². The summed E-state index contributed by atoms with van der Waals surface area (Å²) in [5.41, 5.74) is 23.1. The maximum Gasteiger partial charge on any atom is 0.246 e. The van der Waals surface area contributed by atoms with Crippen molar-refractivity contribution in [2.24, 2.45) is 27.9 Å². The maximum atomic E-state index is 14.8. The molecule has 3 aliphatic rings. The number of guanidine groups is 1. The van der Waals surface area contributed by atoms with E-state index in [1.165, 1.54) is 26.5 Å². The summed E-state index contributed by atoms with van der Waals surface area (Å²) >= 11 is 0. The maximum absolute atomic E-state index is 14.8. The van der Waals surface area contributed by atoms with Crippen LogP contribution in [0.25, 0.3) is 0 Å². The van der Waals surface area contributed by atoms with E-state index in [9.17, 15) is 47.9 Å². The zero-order valence-corrected chi connectivity index (χ0v) is 42.2. The van der Waals surface area contributed by atoms with Crippen LogP contribution >= 0.6 is 21.6 Å². The smallest absolute Gasteiger partial charge is 0.246 e. The van der Waals surface area contributed by atoms with E-state index in [1.807, 2.05) is 30.3 Å². The van der Waals surface area contributed by atoms with Crippen LogP contribution in [0.2, 0.25) is 0 Å². The summed E-state index contributed by atoms with van der Waals surface area (Å²) in [6, 6.07) is 10.3. The molecule has 3 fully saturated rings. The van der Waals surface area contributed by atoms with E-state index in [2.05, 4.69) is 42.2 Å². The molecule has 15 N–H and O–H groups in total. The molecule has 0 radical (unpaired) electrons. The third kappa shape index (κ3) is 18.6. The van der Waals surface area contributed by atoms with Crippen LogP contribution in [-0.2, 0) is 60.8 Å². The van der Waals surface area contributed by atoms with Gasteiger partial charge in [0, 0.05) is 42.9 Å². The van der Waals surface area contributed by atoms with Crippen LogP contribution in [0.4, 0.5) is 0 Å². The molecule has 25 heteroatoms. The van der Waals surface area contributed by atoms with Gasteiger partial charge < -0.3 is 65.1 Å². The Morgan fingerprint density at radius 1 is 0.740 bits per heavy atom. The molecule has 23 nitrogen and oxygen atoms in total. The Balaban J connectivity index is 1.45. The van der Waals surface area contributed by atoms with Crippen LogP contribution in [-0.4, -0.2) is 143 Å². The van der Waals surface area contributed by atoms with Gasteiger partial charge in [-0.3, -0.25) is 52.9 Å². The first kappa shape index (κ1) is 57.0. The fourth-order valence-electron chi connectivity index (χ4n) is 8.88. The van der Waals surface area contributed by atoms with Crippen molar-refractivity contribution < 1.29 is 47.9 Å². The van der Waals surface area contributed by atoms with Crippen LogP contribution in [0.15, 0.2) is 65.7 Å². The first-order valence-electron chi connectivity index (χ1n) is 24.3. The summed E-state index contributed by atoms with van der Waals surface area (Å²) in [7, 11) is 2.60. The summed E-state index contributed by atoms with van der Waals surface area (Å²) < 4.78 is -0.682. The molecule has 2 saturated heterocycles. The highest BCUT2D eigenvalue weighted by Crippen LogP contribution is 2.48. The molecule has 2 aromatic rings. The number of nitrogens with two attached hydrogens (primary N) is 4. The molecule has 1 aliphatic carbocycles. The SMILES string of the molecule is NC(=O)CNC(=O)[C@H](CCCN=C(N)N)NC(=O)[C@@H]1CCCN1C(=O)[C@@H]1CSSC2(CCCCC2)CC(=O)N[C@H](Cc2ccccc2)C(=O)N[C@@H](Cc2ccccc2)C(=O)NCC(=O)N[C@@H](CC(N)=O)C(=O)N1. The second-order valence-electron chi connectivity index (χ2n) is 18.3. The monoisotopic (exact) mass is 1050 g/mol. The molecule has 6 atom stereocenters. The Morgan fingerprint density at radius 2 is 1.36 bits per heavy atom. The molecule has 2 aliphatic heterocycles. The lowest BCUT2D eigenvalue weighted by Gasteiger charge is -2.36. The first-order chi connectivity index (χ1) is 34.9. The van der Waals surface area contributed by atoms with Gasteiger partial charge in [-0.25, -0.2) is 0 Å². The number of benzene rings is 2. The summed E-state index contributed by atoms with van der Waals surface area (Å²) in [6.07, 6.45) is 3.98. The number of carbonyl (C=O) groups excluding carboxylic acids is 10. The number of aliphatic imine (C=N–C) groups is 1. The third-order valence-corrected chi connectivity index (χ3v) is 15.8. The predicted molar refractivity (Wildman–Crippen MR) is 274 cm³/mol. The Bertz CT molecular complexity index is 2320. The number of rotatable bonds is 16. The van der Waals surface area contributed by atoms with Gasteiger partial charge in [-0.2, -0.15) is 0 Å². The fraction of sp³-hybridized carbons (Fsp3) is 0.521. The largest absolute Gasteiger partial charge is 0.370 e. The van der Waals surface area contributed by atoms with E-state index >= 15 is 0 Å². The second kappa shape index (κ2) is 28.4. The number of hydrogen-bond acceptors (Lipinski definition) is 13. The molecule has 396 valence electrons. The molecule has 0 bridgehead atoms. The molecule has 0 aromatic heterocycles. The van der Waals surface area contributed by atoms with Crippen molar-refractivity contribution in [3.05, 3.63) is 71.8 Å². The van der Waals surface area contributed by atoms with Crippen LogP contribution in [0.3, 0.4) is 0 Å². The van der Waals surface area contributed by atoms with E-state index < -0.39 is 120 Å². The number of carbonyl (C=O) groups is 10. The highest BCUT2D eigenvalue weighted by atomic mass is 33.1. The quantitative estimate of drug-likeness (QED) is 0.0376. The van der Waals surface area contributed by atoms with Gasteiger partial charge in [-0.15, -0.1) is 0 Å². The van der Waals surface area contributed by atoms with Gasteiger partial charge in [0.05, 0.1) is 19.5 Å². The highest BCUT2D eigenvalue weighted by Gasteiger charge is 2.42. The van der Waals surface area contributed by atoms with Crippen molar-refractivity contribution in [1.29, 1.82) is 0 Å². The standard InChI is InChI=1S/C48H67N13O10S2/c49-37(62)24-34-44(69)60-35(46(71)61-21-11-17-36(61)45(70)58-31(16-10-20-53-47(51)52)41(66)54-26-38(50)63)28-72-73-48(18-8-3-9-19-48)25-39(64)56-33(23-30-14-6-2-7-15-30)43(68)59-32(22-29-12-4-1-5-13-29)42(67)55-27-40(65)57-34/h1-2,4-7,12-15,31-36H,3,8-11,16-28H2,(H2,49,62)(H2,50,63)(H,54,66)(H,55,67)(H,56,64)(H,57,65)(H,58,70)(H,59,68)(H,60,69)(H4,51,52,53)/t31-,32-,33+,34-,35-,36-/m0/s1. The van der Waals surface area contributed by atoms with Crippen molar-refractivity contribution in [1.82, 2.24) is 42.1 Å². The minimum Gasteiger partial charge on any atom is -0.370 e. The molecule has 10 amide bonds. The normalized spacial score (nSPS) is 22.7. The molecule has 1 spiro atoms. The zero-order chi connectivity index (χ0) is 52.9. The van der Waals surface area contributed by atoms with Crippen molar-refractivity contribution in [3.63, 3.8) is 0 Å². The van der Waals surface area contributed by atoms with E-state index in [-0.39, 0.29) is 63.3 Å². The minimum absolute atomic E-state index is 0.0105. The average molecular weight is 1050 g/mol. The number of primary amides is 2. The molecule has 2 aromatic carbocycles. The Morgan fingerprint density at radius 3 is 1.97 bits per heavy atom. The Labute approximate surface area is 431 Å². The van der Waals surface area contributed by atoms with Gasteiger partial charge in [0.2, 0.25) is 59.1 Å². The highest BCUT2D eigenvalue weighted by molar-refractivity contribution is 8.77. The van der Waals surface area contributed by atoms with Gasteiger partial charge in [0.15, 0.2) is 5.96 Å². The van der Waals surface area contributed by atoms with Gasteiger partial charge in [-0.05, 0) is 49.7 Å². The molecular weight excluding hydrogens is 983 g/mol. The van der Waals surface area contributed by atoms with E-state index in [0.29, 0.717) is 24.8 Å². The molecule has 0 unspecified atom stereocenters. The zero-order valence-electron chi connectivity index (χ0n) is 40.6. The minimum atomic E-state index is -1.62. The summed E-state index contributed by atoms with van der Waals surface area (Å²) in [4.78, 5) is 141. The van der Waals surface area contributed by atoms with Gasteiger partial charge >= 0.3 is 0 Å². The average Bonchev–Trinajstić information content (AvgIpc) is 3.85. The van der Waals surface area contributed by atoms with E-state index in [1.54, 1.807) is 30.3 Å². The third-order valence-electron chi connectivity index (χ3n) is 12.5. The van der Waals surface area contributed by atoms with Gasteiger partial charge in [0.25, 0.3) is 0 Å².